The molecule has 0 aromatic heterocycles. The first-order valence-corrected chi connectivity index (χ1v) is 9.61. The highest BCUT2D eigenvalue weighted by molar-refractivity contribution is 5.88. The van der Waals surface area contributed by atoms with Gasteiger partial charge in [-0.1, -0.05) is 60.7 Å². The second-order valence-electron chi connectivity index (χ2n) is 7.31. The Morgan fingerprint density at radius 1 is 0.931 bits per heavy atom. The van der Waals surface area contributed by atoms with E-state index in [0.717, 1.165) is 28.9 Å². The van der Waals surface area contributed by atoms with Crippen molar-refractivity contribution in [2.75, 3.05) is 6.79 Å². The van der Waals surface area contributed by atoms with Crippen LogP contribution in [0.3, 0.4) is 0 Å². The second-order valence-corrected chi connectivity index (χ2v) is 7.31. The van der Waals surface area contributed by atoms with Gasteiger partial charge in [0.25, 0.3) is 0 Å². The first kappa shape index (κ1) is 17.5. The average Bonchev–Trinajstić information content (AvgIpc) is 3.38. The molecular formula is C24H20N2O3. The Bertz CT molecular complexity index is 1020. The van der Waals surface area contributed by atoms with E-state index in [4.69, 9.17) is 9.47 Å². The largest absolute Gasteiger partial charge is 0.454 e. The molecule has 144 valence electrons. The number of hydrogen-bond acceptors (Lipinski definition) is 4. The van der Waals surface area contributed by atoms with Crippen LogP contribution in [-0.2, 0) is 10.2 Å². The van der Waals surface area contributed by atoms with E-state index < -0.39 is 0 Å². The molecule has 5 heteroatoms. The summed E-state index contributed by atoms with van der Waals surface area (Å²) in [5.74, 6) is 1.19. The summed E-state index contributed by atoms with van der Waals surface area (Å²) < 4.78 is 10.7. The molecule has 1 heterocycles. The zero-order chi connectivity index (χ0) is 19.7. The first-order valence-electron chi connectivity index (χ1n) is 9.61. The predicted octanol–water partition coefficient (Wildman–Crippen LogP) is 3.87. The third-order valence-corrected chi connectivity index (χ3v) is 5.64. The van der Waals surface area contributed by atoms with Crippen LogP contribution in [-0.4, -0.2) is 18.9 Å². The van der Waals surface area contributed by atoms with Crippen molar-refractivity contribution in [1.82, 2.24) is 5.43 Å². The smallest absolute Gasteiger partial charge is 0.244 e. The first-order chi connectivity index (χ1) is 14.3. The summed E-state index contributed by atoms with van der Waals surface area (Å²) in [5, 5.41) is 4.16. The van der Waals surface area contributed by atoms with Gasteiger partial charge in [0.15, 0.2) is 11.5 Å². The molecule has 0 saturated heterocycles. The van der Waals surface area contributed by atoms with Crippen LogP contribution in [0, 0.1) is 5.92 Å². The predicted molar refractivity (Wildman–Crippen MR) is 110 cm³/mol. The van der Waals surface area contributed by atoms with Crippen LogP contribution in [0.25, 0.3) is 0 Å². The van der Waals surface area contributed by atoms with Crippen LogP contribution in [0.15, 0.2) is 84.0 Å². The van der Waals surface area contributed by atoms with E-state index in [0.29, 0.717) is 5.75 Å². The third-order valence-electron chi connectivity index (χ3n) is 5.64. The Labute approximate surface area is 169 Å². The molecule has 1 amide bonds. The van der Waals surface area contributed by atoms with E-state index in [2.05, 4.69) is 34.8 Å². The molecule has 1 saturated carbocycles. The van der Waals surface area contributed by atoms with Gasteiger partial charge in [0.1, 0.15) is 0 Å². The zero-order valence-corrected chi connectivity index (χ0v) is 15.7. The van der Waals surface area contributed by atoms with E-state index in [-0.39, 0.29) is 24.0 Å². The van der Waals surface area contributed by atoms with Crippen molar-refractivity contribution >= 4 is 12.1 Å². The van der Waals surface area contributed by atoms with Gasteiger partial charge in [-0.15, -0.1) is 0 Å². The Balaban J connectivity index is 1.33. The minimum atomic E-state index is -0.291. The fourth-order valence-electron chi connectivity index (χ4n) is 4.10. The Hall–Kier alpha value is -3.60. The molecule has 1 fully saturated rings. The van der Waals surface area contributed by atoms with Crippen LogP contribution in [0.5, 0.6) is 11.5 Å². The summed E-state index contributed by atoms with van der Waals surface area (Å²) in [7, 11) is 0. The molecule has 2 aliphatic rings. The monoisotopic (exact) mass is 384 g/mol. The molecule has 1 aliphatic heterocycles. The fourth-order valence-corrected chi connectivity index (χ4v) is 4.10. The number of carbonyl (C=O) groups is 1. The molecule has 29 heavy (non-hydrogen) atoms. The summed E-state index contributed by atoms with van der Waals surface area (Å²) in [5.41, 5.74) is 5.58. The summed E-state index contributed by atoms with van der Waals surface area (Å²) in [6, 6.07) is 26.0. The van der Waals surface area contributed by atoms with E-state index in [1.54, 1.807) is 6.21 Å². The lowest BCUT2D eigenvalue weighted by Crippen LogP contribution is -2.25. The number of nitrogens with one attached hydrogen (secondary N) is 1. The van der Waals surface area contributed by atoms with Gasteiger partial charge in [-0.3, -0.25) is 4.79 Å². The fraction of sp³-hybridized carbons (Fsp3) is 0.167. The summed E-state index contributed by atoms with van der Waals surface area (Å²) >= 11 is 0. The quantitative estimate of drug-likeness (QED) is 0.537. The molecule has 3 aromatic carbocycles. The van der Waals surface area contributed by atoms with Gasteiger partial charge in [0.05, 0.1) is 12.1 Å². The van der Waals surface area contributed by atoms with Gasteiger partial charge in [-0.05, 0) is 41.3 Å². The number of fused-ring (bicyclic) bond motifs is 1. The number of nitrogens with zero attached hydrogens (tertiary/aromatic N) is 1. The third kappa shape index (κ3) is 3.14. The van der Waals surface area contributed by atoms with Crippen molar-refractivity contribution in [1.29, 1.82) is 0 Å². The molecule has 1 N–H and O–H groups in total. The van der Waals surface area contributed by atoms with E-state index >= 15 is 0 Å². The van der Waals surface area contributed by atoms with E-state index in [9.17, 15) is 4.79 Å². The van der Waals surface area contributed by atoms with Gasteiger partial charge in [-0.2, -0.15) is 5.10 Å². The number of carbonyl (C=O) groups excluding carboxylic acids is 1. The minimum Gasteiger partial charge on any atom is -0.454 e. The van der Waals surface area contributed by atoms with Crippen LogP contribution >= 0.6 is 0 Å². The highest BCUT2D eigenvalue weighted by Crippen LogP contribution is 2.58. The van der Waals surface area contributed by atoms with Gasteiger partial charge >= 0.3 is 0 Å². The molecule has 0 radical (unpaired) electrons. The maximum absolute atomic E-state index is 12.9. The standard InChI is InChI=1S/C24H20N2O3/c27-23(26-25-15-17-11-12-21-22(13-17)29-16-28-21)20-14-24(20,18-7-3-1-4-8-18)19-9-5-2-6-10-19/h1-13,15,20H,14,16H2,(H,26,27)/b25-15+/t20-/m1/s1. The summed E-state index contributed by atoms with van der Waals surface area (Å²) in [6.07, 6.45) is 2.39. The second kappa shape index (κ2) is 7.09. The zero-order valence-electron chi connectivity index (χ0n) is 15.7. The topological polar surface area (TPSA) is 59.9 Å². The van der Waals surface area contributed by atoms with Crippen molar-refractivity contribution in [3.05, 3.63) is 95.6 Å². The van der Waals surface area contributed by atoms with Gasteiger partial charge < -0.3 is 9.47 Å². The lowest BCUT2D eigenvalue weighted by Gasteiger charge is -2.18. The van der Waals surface area contributed by atoms with E-state index in [1.165, 1.54) is 0 Å². The molecule has 3 aromatic rings. The van der Waals surface area contributed by atoms with Crippen LogP contribution in [0.4, 0.5) is 0 Å². The molecule has 1 atom stereocenters. The Kier molecular flexibility index (Phi) is 4.28. The van der Waals surface area contributed by atoms with Crippen molar-refractivity contribution in [2.45, 2.75) is 11.8 Å². The molecule has 0 spiro atoms. The Morgan fingerprint density at radius 3 is 2.28 bits per heavy atom. The maximum atomic E-state index is 12.9. The van der Waals surface area contributed by atoms with Crippen LogP contribution < -0.4 is 14.9 Å². The number of rotatable bonds is 5. The highest BCUT2D eigenvalue weighted by Gasteiger charge is 2.60. The number of amides is 1. The molecule has 5 nitrogen and oxygen atoms in total. The number of hydrogen-bond donors (Lipinski definition) is 1. The molecule has 1 aliphatic carbocycles. The van der Waals surface area contributed by atoms with Crippen molar-refractivity contribution in [3.63, 3.8) is 0 Å². The lowest BCUT2D eigenvalue weighted by molar-refractivity contribution is -0.122. The SMILES string of the molecule is O=C(N/N=C/c1ccc2c(c1)OCO2)[C@H]1CC1(c1ccccc1)c1ccccc1. The summed E-state index contributed by atoms with van der Waals surface area (Å²) in [6.45, 7) is 0.232. The van der Waals surface area contributed by atoms with Crippen molar-refractivity contribution in [2.24, 2.45) is 11.0 Å². The Morgan fingerprint density at radius 2 is 1.59 bits per heavy atom. The number of hydrazone groups is 1. The number of benzene rings is 3. The van der Waals surface area contributed by atoms with Gasteiger partial charge in [-0.25, -0.2) is 5.43 Å². The molecule has 0 bridgehead atoms. The van der Waals surface area contributed by atoms with Gasteiger partial charge in [0.2, 0.25) is 12.7 Å². The average molecular weight is 384 g/mol. The lowest BCUT2D eigenvalue weighted by atomic mass is 9.85. The molecule has 0 unspecified atom stereocenters. The maximum Gasteiger partial charge on any atom is 0.244 e. The summed E-state index contributed by atoms with van der Waals surface area (Å²) in [4.78, 5) is 12.9. The number of ether oxygens (including phenoxy) is 2. The normalized spacial score (nSPS) is 18.6. The van der Waals surface area contributed by atoms with Gasteiger partial charge in [0, 0.05) is 5.41 Å². The van der Waals surface area contributed by atoms with Crippen LogP contribution in [0.2, 0.25) is 0 Å². The van der Waals surface area contributed by atoms with Crippen molar-refractivity contribution < 1.29 is 14.3 Å². The van der Waals surface area contributed by atoms with E-state index in [1.807, 2.05) is 54.6 Å². The molecule has 5 rings (SSSR count). The van der Waals surface area contributed by atoms with Crippen LogP contribution in [0.1, 0.15) is 23.1 Å². The highest BCUT2D eigenvalue weighted by atomic mass is 16.7. The van der Waals surface area contributed by atoms with Crippen molar-refractivity contribution in [3.8, 4) is 11.5 Å². The molecular weight excluding hydrogens is 364 g/mol. The minimum absolute atomic E-state index is 0.0744.